The highest BCUT2D eigenvalue weighted by Crippen LogP contribution is 2.30. The Morgan fingerprint density at radius 3 is 2.52 bits per heavy atom. The van der Waals surface area contributed by atoms with Crippen LogP contribution >= 0.6 is 0 Å². The molecule has 2 atom stereocenters. The van der Waals surface area contributed by atoms with E-state index >= 15 is 0 Å². The van der Waals surface area contributed by atoms with Crippen LogP contribution in [0.2, 0.25) is 0 Å². The summed E-state index contributed by atoms with van der Waals surface area (Å²) in [6.45, 7) is 12.8. The zero-order chi connectivity index (χ0) is 15.3. The highest BCUT2D eigenvalue weighted by molar-refractivity contribution is 5.20. The second-order valence-corrected chi connectivity index (χ2v) is 7.27. The summed E-state index contributed by atoms with van der Waals surface area (Å²) in [5.41, 5.74) is 1.84. The van der Waals surface area contributed by atoms with Crippen LogP contribution in [-0.4, -0.2) is 30.6 Å². The van der Waals surface area contributed by atoms with Gasteiger partial charge in [-0.2, -0.15) is 0 Å². The standard InChI is InChI=1S/C19H32N2/c1-5-10-17-14-21(15-19(3,4)6-2)18(13-20-17)16-11-8-7-9-12-16/h7-9,11-12,17-18,20H,5-6,10,13-15H2,1-4H3. The summed E-state index contributed by atoms with van der Waals surface area (Å²) in [7, 11) is 0. The highest BCUT2D eigenvalue weighted by Gasteiger charge is 2.31. The summed E-state index contributed by atoms with van der Waals surface area (Å²) in [4.78, 5) is 2.72. The normalized spacial score (nSPS) is 24.2. The fourth-order valence-corrected chi connectivity index (χ4v) is 3.26. The molecule has 0 amide bonds. The molecule has 0 aromatic heterocycles. The number of hydrogen-bond acceptors (Lipinski definition) is 2. The minimum Gasteiger partial charge on any atom is -0.311 e. The molecule has 2 rings (SSSR count). The molecule has 1 aliphatic rings. The Morgan fingerprint density at radius 1 is 1.19 bits per heavy atom. The Kier molecular flexibility index (Phi) is 5.83. The zero-order valence-electron chi connectivity index (χ0n) is 14.2. The lowest BCUT2D eigenvalue weighted by Crippen LogP contribution is -2.54. The quantitative estimate of drug-likeness (QED) is 0.842. The molecule has 1 aromatic rings. The summed E-state index contributed by atoms with van der Waals surface area (Å²) in [5.74, 6) is 0. The van der Waals surface area contributed by atoms with Crippen molar-refractivity contribution in [2.75, 3.05) is 19.6 Å². The lowest BCUT2D eigenvalue weighted by Gasteiger charge is -2.44. The molecule has 2 heteroatoms. The van der Waals surface area contributed by atoms with Gasteiger partial charge in [-0.05, 0) is 23.8 Å². The van der Waals surface area contributed by atoms with Gasteiger partial charge >= 0.3 is 0 Å². The van der Waals surface area contributed by atoms with Gasteiger partial charge < -0.3 is 5.32 Å². The van der Waals surface area contributed by atoms with Crippen molar-refractivity contribution in [2.45, 2.75) is 59.0 Å². The first kappa shape index (κ1) is 16.5. The molecule has 1 aromatic carbocycles. The number of piperazine rings is 1. The molecule has 21 heavy (non-hydrogen) atoms. The van der Waals surface area contributed by atoms with Gasteiger partial charge in [0.15, 0.2) is 0 Å². The Balaban J connectivity index is 2.14. The van der Waals surface area contributed by atoms with E-state index in [1.165, 1.54) is 37.9 Å². The van der Waals surface area contributed by atoms with Crippen molar-refractivity contribution in [3.05, 3.63) is 35.9 Å². The van der Waals surface area contributed by atoms with Crippen molar-refractivity contribution in [3.63, 3.8) is 0 Å². The molecule has 0 bridgehead atoms. The average Bonchev–Trinajstić information content (AvgIpc) is 2.48. The van der Waals surface area contributed by atoms with Gasteiger partial charge in [-0.3, -0.25) is 4.90 Å². The molecule has 0 saturated carbocycles. The number of benzene rings is 1. The Labute approximate surface area is 130 Å². The van der Waals surface area contributed by atoms with Crippen molar-refractivity contribution < 1.29 is 0 Å². The van der Waals surface area contributed by atoms with Gasteiger partial charge in [0.1, 0.15) is 0 Å². The SMILES string of the molecule is CCCC1CN(CC(C)(C)CC)C(c2ccccc2)CN1. The van der Waals surface area contributed by atoms with E-state index in [-0.39, 0.29) is 0 Å². The fraction of sp³-hybridized carbons (Fsp3) is 0.684. The maximum atomic E-state index is 3.76. The summed E-state index contributed by atoms with van der Waals surface area (Å²) in [5, 5.41) is 3.76. The molecule has 0 radical (unpaired) electrons. The van der Waals surface area contributed by atoms with Gasteiger partial charge in [-0.25, -0.2) is 0 Å². The van der Waals surface area contributed by atoms with Crippen LogP contribution < -0.4 is 5.32 Å². The number of nitrogens with zero attached hydrogens (tertiary/aromatic N) is 1. The van der Waals surface area contributed by atoms with Crippen molar-refractivity contribution in [1.29, 1.82) is 0 Å². The Bertz CT molecular complexity index is 413. The summed E-state index contributed by atoms with van der Waals surface area (Å²) in [6, 6.07) is 12.2. The topological polar surface area (TPSA) is 15.3 Å². The van der Waals surface area contributed by atoms with E-state index in [9.17, 15) is 0 Å². The smallest absolute Gasteiger partial charge is 0.0473 e. The summed E-state index contributed by atoms with van der Waals surface area (Å²) < 4.78 is 0. The van der Waals surface area contributed by atoms with Gasteiger partial charge in [0.2, 0.25) is 0 Å². The molecular weight excluding hydrogens is 256 g/mol. The maximum absolute atomic E-state index is 3.76. The second-order valence-electron chi connectivity index (χ2n) is 7.27. The molecule has 1 N–H and O–H groups in total. The lowest BCUT2D eigenvalue weighted by atomic mass is 9.87. The van der Waals surface area contributed by atoms with E-state index in [1.807, 2.05) is 0 Å². The molecule has 0 spiro atoms. The van der Waals surface area contributed by atoms with Crippen molar-refractivity contribution >= 4 is 0 Å². The minimum absolute atomic E-state index is 0.390. The average molecular weight is 288 g/mol. The van der Waals surface area contributed by atoms with Crippen LogP contribution in [0.3, 0.4) is 0 Å². The van der Waals surface area contributed by atoms with Gasteiger partial charge in [0, 0.05) is 31.7 Å². The molecule has 2 nitrogen and oxygen atoms in total. The van der Waals surface area contributed by atoms with E-state index in [1.54, 1.807) is 0 Å². The number of hydrogen-bond donors (Lipinski definition) is 1. The van der Waals surface area contributed by atoms with Gasteiger partial charge in [0.25, 0.3) is 0 Å². The lowest BCUT2D eigenvalue weighted by molar-refractivity contribution is 0.0796. The molecule has 1 aliphatic heterocycles. The van der Waals surface area contributed by atoms with E-state index in [0.717, 1.165) is 6.54 Å². The summed E-state index contributed by atoms with van der Waals surface area (Å²) in [6.07, 6.45) is 3.78. The fourth-order valence-electron chi connectivity index (χ4n) is 3.26. The van der Waals surface area contributed by atoms with Crippen LogP contribution in [0.15, 0.2) is 30.3 Å². The van der Waals surface area contributed by atoms with E-state index in [2.05, 4.69) is 68.2 Å². The predicted octanol–water partition coefficient (Wildman–Crippen LogP) is 4.24. The number of rotatable bonds is 6. The third-order valence-corrected chi connectivity index (χ3v) is 4.91. The van der Waals surface area contributed by atoms with Crippen LogP contribution in [-0.2, 0) is 0 Å². The van der Waals surface area contributed by atoms with Crippen LogP contribution in [0, 0.1) is 5.41 Å². The van der Waals surface area contributed by atoms with Crippen molar-refractivity contribution in [1.82, 2.24) is 10.2 Å². The molecule has 2 unspecified atom stereocenters. The molecule has 1 fully saturated rings. The predicted molar refractivity (Wildman–Crippen MR) is 91.5 cm³/mol. The highest BCUT2D eigenvalue weighted by atomic mass is 15.2. The van der Waals surface area contributed by atoms with Crippen molar-refractivity contribution in [2.24, 2.45) is 5.41 Å². The van der Waals surface area contributed by atoms with Crippen LogP contribution in [0.4, 0.5) is 0 Å². The minimum atomic E-state index is 0.390. The first-order valence-corrected chi connectivity index (χ1v) is 8.58. The monoisotopic (exact) mass is 288 g/mol. The first-order chi connectivity index (χ1) is 10.1. The van der Waals surface area contributed by atoms with E-state index in [0.29, 0.717) is 17.5 Å². The second kappa shape index (κ2) is 7.42. The number of nitrogens with one attached hydrogen (secondary N) is 1. The first-order valence-electron chi connectivity index (χ1n) is 8.58. The van der Waals surface area contributed by atoms with Crippen LogP contribution in [0.1, 0.15) is 58.6 Å². The zero-order valence-corrected chi connectivity index (χ0v) is 14.2. The Hall–Kier alpha value is -0.860. The van der Waals surface area contributed by atoms with Gasteiger partial charge in [-0.1, -0.05) is 64.4 Å². The van der Waals surface area contributed by atoms with E-state index < -0.39 is 0 Å². The maximum Gasteiger partial charge on any atom is 0.0473 e. The van der Waals surface area contributed by atoms with E-state index in [4.69, 9.17) is 0 Å². The largest absolute Gasteiger partial charge is 0.311 e. The molecular formula is C19H32N2. The Morgan fingerprint density at radius 2 is 1.90 bits per heavy atom. The van der Waals surface area contributed by atoms with Crippen LogP contribution in [0.5, 0.6) is 0 Å². The third kappa shape index (κ3) is 4.55. The molecule has 0 aliphatic carbocycles. The van der Waals surface area contributed by atoms with Crippen LogP contribution in [0.25, 0.3) is 0 Å². The van der Waals surface area contributed by atoms with Crippen molar-refractivity contribution in [3.8, 4) is 0 Å². The molecule has 1 saturated heterocycles. The van der Waals surface area contributed by atoms with Gasteiger partial charge in [0.05, 0.1) is 0 Å². The third-order valence-electron chi connectivity index (χ3n) is 4.91. The van der Waals surface area contributed by atoms with Gasteiger partial charge in [-0.15, -0.1) is 0 Å². The molecule has 1 heterocycles. The summed E-state index contributed by atoms with van der Waals surface area (Å²) >= 11 is 0. The molecule has 118 valence electrons.